The van der Waals surface area contributed by atoms with E-state index in [1.54, 1.807) is 39.0 Å². The summed E-state index contributed by atoms with van der Waals surface area (Å²) in [6, 6.07) is 3.39. The number of rotatable bonds is 7. The first-order valence-electron chi connectivity index (χ1n) is 8.96. The number of hydrogen-bond acceptors (Lipinski definition) is 7. The predicted molar refractivity (Wildman–Crippen MR) is 111 cm³/mol. The molecule has 1 saturated heterocycles. The second-order valence-corrected chi connectivity index (χ2v) is 8.29. The zero-order chi connectivity index (χ0) is 21.8. The Balaban J connectivity index is 2.16. The van der Waals surface area contributed by atoms with E-state index in [1.165, 1.54) is 21.3 Å². The Morgan fingerprint density at radius 1 is 1.10 bits per heavy atom. The Bertz CT molecular complexity index is 819. The zero-order valence-electron chi connectivity index (χ0n) is 17.5. The van der Waals surface area contributed by atoms with E-state index in [-0.39, 0.29) is 29.1 Å². The fourth-order valence-corrected chi connectivity index (χ4v) is 3.44. The number of methoxy groups -OCH3 is 3. The van der Waals surface area contributed by atoms with E-state index in [9.17, 15) is 14.4 Å². The number of amides is 3. The number of nitrogens with one attached hydrogen (secondary N) is 1. The summed E-state index contributed by atoms with van der Waals surface area (Å²) < 4.78 is 15.9. The van der Waals surface area contributed by atoms with Gasteiger partial charge in [-0.05, 0) is 35.5 Å². The molecule has 29 heavy (non-hydrogen) atoms. The van der Waals surface area contributed by atoms with Crippen LogP contribution < -0.4 is 19.5 Å². The molecule has 0 saturated carbocycles. The first-order chi connectivity index (χ1) is 13.6. The maximum absolute atomic E-state index is 12.6. The van der Waals surface area contributed by atoms with E-state index in [4.69, 9.17) is 14.2 Å². The van der Waals surface area contributed by atoms with Gasteiger partial charge >= 0.3 is 0 Å². The smallest absolute Gasteiger partial charge is 0.293 e. The fourth-order valence-electron chi connectivity index (χ4n) is 2.58. The second kappa shape index (κ2) is 9.21. The molecule has 0 aliphatic carbocycles. The summed E-state index contributed by atoms with van der Waals surface area (Å²) >= 11 is 0.851. The first kappa shape index (κ1) is 22.6. The maximum atomic E-state index is 12.6. The average molecular weight is 423 g/mol. The quantitative estimate of drug-likeness (QED) is 0.675. The van der Waals surface area contributed by atoms with Crippen molar-refractivity contribution in [3.05, 3.63) is 22.6 Å². The van der Waals surface area contributed by atoms with Crippen molar-refractivity contribution in [3.8, 4) is 17.2 Å². The normalized spacial score (nSPS) is 15.7. The molecule has 1 aliphatic heterocycles. The van der Waals surface area contributed by atoms with Gasteiger partial charge in [-0.25, -0.2) is 0 Å². The molecule has 0 spiro atoms. The van der Waals surface area contributed by atoms with Crippen LogP contribution in [0.25, 0.3) is 6.08 Å². The summed E-state index contributed by atoms with van der Waals surface area (Å²) in [6.07, 6.45) is 1.60. The number of imide groups is 1. The lowest BCUT2D eigenvalue weighted by Crippen LogP contribution is -2.41. The van der Waals surface area contributed by atoms with Crippen molar-refractivity contribution in [3.63, 3.8) is 0 Å². The Morgan fingerprint density at radius 3 is 2.17 bits per heavy atom. The molecular weight excluding hydrogens is 396 g/mol. The van der Waals surface area contributed by atoms with Crippen LogP contribution in [0.15, 0.2) is 17.0 Å². The molecule has 0 aromatic heterocycles. The van der Waals surface area contributed by atoms with Gasteiger partial charge in [-0.1, -0.05) is 20.8 Å². The molecule has 3 amide bonds. The maximum Gasteiger partial charge on any atom is 0.293 e. The van der Waals surface area contributed by atoms with Crippen LogP contribution in [-0.4, -0.2) is 56.4 Å². The van der Waals surface area contributed by atoms with Crippen LogP contribution in [0.4, 0.5) is 4.79 Å². The fraction of sp³-hybridized carbons (Fsp3) is 0.450. The number of carbonyl (C=O) groups excluding carboxylic acids is 3. The zero-order valence-corrected chi connectivity index (χ0v) is 18.3. The lowest BCUT2D eigenvalue weighted by Gasteiger charge is -2.19. The van der Waals surface area contributed by atoms with Crippen LogP contribution >= 0.6 is 11.8 Å². The molecule has 8 nitrogen and oxygen atoms in total. The highest BCUT2D eigenvalue weighted by Crippen LogP contribution is 2.40. The van der Waals surface area contributed by atoms with Gasteiger partial charge in [-0.3, -0.25) is 19.3 Å². The standard InChI is InChI=1S/C20H26N2O6S/c1-20(2,3)18(24)21-7-8-22-17(23)15(29-19(22)25)11-12-9-13(26-4)16(28-6)14(10-12)27-5/h9-11H,7-8H2,1-6H3,(H,21,24)/b15-11+. The number of nitrogens with zero attached hydrogens (tertiary/aromatic N) is 1. The summed E-state index contributed by atoms with van der Waals surface area (Å²) in [5, 5.41) is 2.36. The third-order valence-corrected chi connectivity index (χ3v) is 5.07. The first-order valence-corrected chi connectivity index (χ1v) is 9.77. The van der Waals surface area contributed by atoms with Crippen molar-refractivity contribution < 1.29 is 28.6 Å². The minimum absolute atomic E-state index is 0.110. The van der Waals surface area contributed by atoms with E-state index < -0.39 is 11.3 Å². The number of carbonyl (C=O) groups is 3. The predicted octanol–water partition coefficient (Wildman–Crippen LogP) is 2.91. The Hall–Kier alpha value is -2.68. The molecule has 9 heteroatoms. The highest BCUT2D eigenvalue weighted by molar-refractivity contribution is 8.18. The van der Waals surface area contributed by atoms with Crippen molar-refractivity contribution in [2.24, 2.45) is 5.41 Å². The summed E-state index contributed by atoms with van der Waals surface area (Å²) in [4.78, 5) is 38.2. The largest absolute Gasteiger partial charge is 0.493 e. The number of ether oxygens (including phenoxy) is 3. The van der Waals surface area contributed by atoms with Crippen LogP contribution in [0.1, 0.15) is 26.3 Å². The third-order valence-electron chi connectivity index (χ3n) is 4.16. The van der Waals surface area contributed by atoms with Gasteiger partial charge in [0.15, 0.2) is 11.5 Å². The van der Waals surface area contributed by atoms with Crippen LogP contribution in [0.3, 0.4) is 0 Å². The Labute approximate surface area is 174 Å². The van der Waals surface area contributed by atoms with Gasteiger partial charge in [-0.2, -0.15) is 0 Å². The van der Waals surface area contributed by atoms with Gasteiger partial charge in [0.1, 0.15) is 0 Å². The highest BCUT2D eigenvalue weighted by Gasteiger charge is 2.35. The third kappa shape index (κ3) is 5.23. The molecule has 0 atom stereocenters. The van der Waals surface area contributed by atoms with Gasteiger partial charge in [0.05, 0.1) is 26.2 Å². The molecule has 1 heterocycles. The average Bonchev–Trinajstić information content (AvgIpc) is 2.93. The van der Waals surface area contributed by atoms with Crippen LogP contribution in [0.5, 0.6) is 17.2 Å². The van der Waals surface area contributed by atoms with E-state index in [0.717, 1.165) is 16.7 Å². The lowest BCUT2D eigenvalue weighted by molar-refractivity contribution is -0.129. The van der Waals surface area contributed by atoms with E-state index in [1.807, 2.05) is 0 Å². The van der Waals surface area contributed by atoms with Crippen molar-refractivity contribution in [2.75, 3.05) is 34.4 Å². The number of thioether (sulfide) groups is 1. The van der Waals surface area contributed by atoms with Crippen molar-refractivity contribution in [1.82, 2.24) is 10.2 Å². The molecule has 1 aromatic rings. The highest BCUT2D eigenvalue weighted by atomic mass is 32.2. The van der Waals surface area contributed by atoms with E-state index >= 15 is 0 Å². The van der Waals surface area contributed by atoms with Gasteiger partial charge in [-0.15, -0.1) is 0 Å². The summed E-state index contributed by atoms with van der Waals surface area (Å²) in [7, 11) is 4.51. The summed E-state index contributed by atoms with van der Waals surface area (Å²) in [5.41, 5.74) is 0.0942. The van der Waals surface area contributed by atoms with Gasteiger partial charge in [0.25, 0.3) is 11.1 Å². The molecule has 1 fully saturated rings. The molecule has 0 radical (unpaired) electrons. The number of benzene rings is 1. The minimum atomic E-state index is -0.536. The number of hydrogen-bond donors (Lipinski definition) is 1. The van der Waals surface area contributed by atoms with Crippen molar-refractivity contribution in [1.29, 1.82) is 0 Å². The molecule has 158 valence electrons. The Kier molecular flexibility index (Phi) is 7.18. The molecule has 0 unspecified atom stereocenters. The van der Waals surface area contributed by atoms with E-state index in [2.05, 4.69) is 5.32 Å². The van der Waals surface area contributed by atoms with Gasteiger partial charge in [0, 0.05) is 18.5 Å². The SMILES string of the molecule is COc1cc(/C=C2/SC(=O)N(CCNC(=O)C(C)(C)C)C2=O)cc(OC)c1OC. The van der Waals surface area contributed by atoms with Crippen molar-refractivity contribution in [2.45, 2.75) is 20.8 Å². The van der Waals surface area contributed by atoms with Gasteiger partial charge < -0.3 is 19.5 Å². The lowest BCUT2D eigenvalue weighted by atomic mass is 9.96. The van der Waals surface area contributed by atoms with Crippen molar-refractivity contribution >= 4 is 34.9 Å². The van der Waals surface area contributed by atoms with E-state index in [0.29, 0.717) is 22.8 Å². The van der Waals surface area contributed by atoms with Crippen LogP contribution in [0.2, 0.25) is 0 Å². The monoisotopic (exact) mass is 422 g/mol. The minimum Gasteiger partial charge on any atom is -0.493 e. The molecule has 1 N–H and O–H groups in total. The topological polar surface area (TPSA) is 94.2 Å². The molecule has 0 bridgehead atoms. The molecule has 1 aliphatic rings. The van der Waals surface area contributed by atoms with Gasteiger partial charge in [0.2, 0.25) is 11.7 Å². The second-order valence-electron chi connectivity index (χ2n) is 7.30. The summed E-state index contributed by atoms with van der Waals surface area (Å²) in [6.45, 7) is 5.69. The molecule has 1 aromatic carbocycles. The van der Waals surface area contributed by atoms with Crippen LogP contribution in [-0.2, 0) is 9.59 Å². The Morgan fingerprint density at radius 2 is 1.69 bits per heavy atom. The molecule has 2 rings (SSSR count). The van der Waals surface area contributed by atoms with Crippen LogP contribution in [0, 0.1) is 5.41 Å². The molecular formula is C20H26N2O6S. The summed E-state index contributed by atoms with van der Waals surface area (Å²) in [5.74, 6) is 0.787.